The van der Waals surface area contributed by atoms with Crippen LogP contribution in [0.5, 0.6) is 0 Å². The highest BCUT2D eigenvalue weighted by atomic mass is 16.4. The van der Waals surface area contributed by atoms with Gasteiger partial charge in [0.05, 0.1) is 0 Å². The molecule has 0 aromatic rings. The first-order valence-electron chi connectivity index (χ1n) is 5.98. The third-order valence-corrected chi connectivity index (χ3v) is 2.02. The Hall–Kier alpha value is -2.32. The predicted octanol–water partition coefficient (Wildman–Crippen LogP) is -0.918. The maximum Gasteiger partial charge on any atom is 0.323 e. The summed E-state index contributed by atoms with van der Waals surface area (Å²) in [6.45, 7) is 2.12. The van der Waals surface area contributed by atoms with Gasteiger partial charge in [-0.2, -0.15) is 0 Å². The number of amides is 3. The van der Waals surface area contributed by atoms with Gasteiger partial charge in [-0.1, -0.05) is 0 Å². The summed E-state index contributed by atoms with van der Waals surface area (Å²) in [6.07, 6.45) is 0.0257. The molecule has 9 nitrogen and oxygen atoms in total. The number of hydrogen-bond acceptors (Lipinski definition) is 4. The molecule has 0 rings (SSSR count). The lowest BCUT2D eigenvalue weighted by molar-refractivity contribution is -0.140. The predicted molar refractivity (Wildman–Crippen MR) is 68.1 cm³/mol. The quantitative estimate of drug-likeness (QED) is 0.456. The minimum Gasteiger partial charge on any atom is -0.480 e. The van der Waals surface area contributed by atoms with E-state index >= 15 is 0 Å². The third kappa shape index (κ3) is 8.72. The minimum atomic E-state index is -1.32. The fourth-order valence-corrected chi connectivity index (χ4v) is 1.31. The van der Waals surface area contributed by atoms with E-state index in [-0.39, 0.29) is 24.9 Å². The van der Waals surface area contributed by atoms with Crippen LogP contribution in [0.25, 0.3) is 0 Å². The van der Waals surface area contributed by atoms with Gasteiger partial charge in [0.25, 0.3) is 0 Å². The van der Waals surface area contributed by atoms with E-state index in [1.807, 2.05) is 0 Å². The molecule has 0 atom stereocenters. The van der Waals surface area contributed by atoms with Gasteiger partial charge in [-0.25, -0.2) is 4.79 Å². The van der Waals surface area contributed by atoms with E-state index in [2.05, 4.69) is 10.6 Å². The number of nitrogens with one attached hydrogen (secondary N) is 2. The molecule has 0 saturated heterocycles. The first-order chi connectivity index (χ1) is 9.22. The standard InChI is InChI=1S/C11H19N3O6/c1-7(2)13-8(15)3-4-12-11(20)14(5-9(16)17)6-10(18)19/h7H,3-6H2,1-2H3,(H,12,20)(H,13,15)(H,16,17)(H,18,19). The van der Waals surface area contributed by atoms with E-state index in [0.29, 0.717) is 4.90 Å². The molecule has 9 heteroatoms. The van der Waals surface area contributed by atoms with Gasteiger partial charge in [0.2, 0.25) is 5.91 Å². The highest BCUT2D eigenvalue weighted by Gasteiger charge is 2.19. The molecule has 0 fully saturated rings. The molecular weight excluding hydrogens is 270 g/mol. The molecule has 0 unspecified atom stereocenters. The van der Waals surface area contributed by atoms with Crippen molar-refractivity contribution in [2.45, 2.75) is 26.3 Å². The molecule has 0 aliphatic rings. The summed E-state index contributed by atoms with van der Waals surface area (Å²) in [5, 5.41) is 22.1. The van der Waals surface area contributed by atoms with Crippen LogP contribution in [-0.2, 0) is 14.4 Å². The van der Waals surface area contributed by atoms with Crippen LogP contribution in [-0.4, -0.2) is 64.7 Å². The highest BCUT2D eigenvalue weighted by molar-refractivity contribution is 5.84. The van der Waals surface area contributed by atoms with Gasteiger partial charge in [0.1, 0.15) is 13.1 Å². The van der Waals surface area contributed by atoms with E-state index in [1.165, 1.54) is 0 Å². The van der Waals surface area contributed by atoms with Crippen molar-refractivity contribution < 1.29 is 29.4 Å². The van der Waals surface area contributed by atoms with E-state index in [4.69, 9.17) is 10.2 Å². The van der Waals surface area contributed by atoms with Crippen LogP contribution >= 0.6 is 0 Å². The summed E-state index contributed by atoms with van der Waals surface area (Å²) < 4.78 is 0. The Morgan fingerprint density at radius 2 is 1.55 bits per heavy atom. The number of carbonyl (C=O) groups is 4. The lowest BCUT2D eigenvalue weighted by Gasteiger charge is -2.19. The summed E-state index contributed by atoms with van der Waals surface area (Å²) in [6, 6.07) is -0.860. The molecule has 0 aliphatic carbocycles. The Balaban J connectivity index is 4.22. The number of carboxylic acid groups (broad SMARTS) is 2. The summed E-state index contributed by atoms with van der Waals surface area (Å²) in [4.78, 5) is 44.5. The average Bonchev–Trinajstić information content (AvgIpc) is 2.25. The number of carbonyl (C=O) groups excluding carboxylic acids is 2. The second kappa shape index (κ2) is 8.73. The Bertz CT molecular complexity index is 366. The second-order valence-corrected chi connectivity index (χ2v) is 4.35. The Morgan fingerprint density at radius 1 is 1.05 bits per heavy atom. The SMILES string of the molecule is CC(C)NC(=O)CCNC(=O)N(CC(=O)O)CC(=O)O. The lowest BCUT2D eigenvalue weighted by Crippen LogP contribution is -2.46. The summed E-state index contributed by atoms with van der Waals surface area (Å²) in [5.41, 5.74) is 0. The molecule has 0 aromatic carbocycles. The van der Waals surface area contributed by atoms with Crippen molar-refractivity contribution in [1.29, 1.82) is 0 Å². The zero-order chi connectivity index (χ0) is 15.7. The first kappa shape index (κ1) is 17.7. The van der Waals surface area contributed by atoms with Gasteiger partial charge in [-0.05, 0) is 13.8 Å². The molecule has 0 saturated carbocycles. The van der Waals surface area contributed by atoms with Crippen LogP contribution in [0.4, 0.5) is 4.79 Å². The molecular formula is C11H19N3O6. The van der Waals surface area contributed by atoms with Gasteiger partial charge in [-0.15, -0.1) is 0 Å². The van der Waals surface area contributed by atoms with Crippen molar-refractivity contribution in [3.8, 4) is 0 Å². The number of rotatable bonds is 8. The molecule has 3 amide bonds. The molecule has 0 aromatic heterocycles. The molecule has 4 N–H and O–H groups in total. The van der Waals surface area contributed by atoms with Gasteiger partial charge >= 0.3 is 18.0 Å². The van der Waals surface area contributed by atoms with Crippen molar-refractivity contribution in [2.75, 3.05) is 19.6 Å². The molecule has 114 valence electrons. The fourth-order valence-electron chi connectivity index (χ4n) is 1.31. The van der Waals surface area contributed by atoms with E-state index in [9.17, 15) is 19.2 Å². The summed E-state index contributed by atoms with van der Waals surface area (Å²) in [7, 11) is 0. The highest BCUT2D eigenvalue weighted by Crippen LogP contribution is 1.91. The topological polar surface area (TPSA) is 136 Å². The van der Waals surface area contributed by atoms with Crippen molar-refractivity contribution in [3.05, 3.63) is 0 Å². The second-order valence-electron chi connectivity index (χ2n) is 4.35. The molecule has 0 heterocycles. The van der Waals surface area contributed by atoms with Crippen molar-refractivity contribution in [2.24, 2.45) is 0 Å². The summed E-state index contributed by atoms with van der Waals surface area (Å²) >= 11 is 0. The number of carboxylic acids is 2. The van der Waals surface area contributed by atoms with Crippen LogP contribution in [0.1, 0.15) is 20.3 Å². The zero-order valence-electron chi connectivity index (χ0n) is 11.4. The maximum absolute atomic E-state index is 11.6. The zero-order valence-corrected chi connectivity index (χ0v) is 11.4. The normalized spacial score (nSPS) is 9.95. The third-order valence-electron chi connectivity index (χ3n) is 2.02. The smallest absolute Gasteiger partial charge is 0.323 e. The van der Waals surface area contributed by atoms with Crippen LogP contribution in [0.2, 0.25) is 0 Å². The fraction of sp³-hybridized carbons (Fsp3) is 0.636. The number of hydrogen-bond donors (Lipinski definition) is 4. The molecule has 0 bridgehead atoms. The first-order valence-corrected chi connectivity index (χ1v) is 5.98. The van der Waals surface area contributed by atoms with Gasteiger partial charge in [0.15, 0.2) is 0 Å². The number of aliphatic carboxylic acids is 2. The van der Waals surface area contributed by atoms with E-state index in [1.54, 1.807) is 13.8 Å². The van der Waals surface area contributed by atoms with Crippen LogP contribution < -0.4 is 10.6 Å². The van der Waals surface area contributed by atoms with Crippen molar-refractivity contribution in [1.82, 2.24) is 15.5 Å². The number of urea groups is 1. The average molecular weight is 289 g/mol. The number of nitrogens with zero attached hydrogens (tertiary/aromatic N) is 1. The molecule has 0 aliphatic heterocycles. The monoisotopic (exact) mass is 289 g/mol. The maximum atomic E-state index is 11.6. The van der Waals surface area contributed by atoms with E-state index < -0.39 is 31.1 Å². The van der Waals surface area contributed by atoms with Crippen LogP contribution in [0.15, 0.2) is 0 Å². The minimum absolute atomic E-state index is 0.00682. The molecule has 20 heavy (non-hydrogen) atoms. The van der Waals surface area contributed by atoms with Gasteiger partial charge < -0.3 is 25.7 Å². The van der Waals surface area contributed by atoms with E-state index in [0.717, 1.165) is 0 Å². The largest absolute Gasteiger partial charge is 0.480 e. The van der Waals surface area contributed by atoms with Gasteiger partial charge in [0, 0.05) is 19.0 Å². The van der Waals surface area contributed by atoms with Crippen molar-refractivity contribution >= 4 is 23.9 Å². The molecule has 0 spiro atoms. The Kier molecular flexibility index (Phi) is 7.71. The van der Waals surface area contributed by atoms with Crippen LogP contribution in [0, 0.1) is 0 Å². The molecule has 0 radical (unpaired) electrons. The Morgan fingerprint density at radius 3 is 1.95 bits per heavy atom. The van der Waals surface area contributed by atoms with Gasteiger partial charge in [-0.3, -0.25) is 14.4 Å². The van der Waals surface area contributed by atoms with Crippen molar-refractivity contribution in [3.63, 3.8) is 0 Å². The lowest BCUT2D eigenvalue weighted by atomic mass is 10.3. The summed E-state index contributed by atoms with van der Waals surface area (Å²) in [5.74, 6) is -2.90. The Labute approximate surface area is 115 Å². The van der Waals surface area contributed by atoms with Crippen LogP contribution in [0.3, 0.4) is 0 Å².